The molecule has 3 aromatic carbocycles. The van der Waals surface area contributed by atoms with E-state index in [0.717, 1.165) is 0 Å². The molecule has 4 rings (SSSR count). The van der Waals surface area contributed by atoms with Crippen LogP contribution in [0.4, 0.5) is 27.5 Å². The van der Waals surface area contributed by atoms with Gasteiger partial charge in [-0.15, -0.1) is 4.48 Å². The standard InChI is InChI=1S/C28H28N4O5/c1-18(2)26(27(35)30-19-13-15-21(37-3)16-14-19)32(28(29)36)23-12-8-7-11-22(23)31(24(33)17-25(32)34)20-9-5-4-6-10-20/h4-16,18,26H,17H2,1-3H3,(H2-,29,30,35,36)/p+1. The Balaban J connectivity index is 1.91. The number of fused-ring (bicyclic) bond motifs is 1. The van der Waals surface area contributed by atoms with E-state index in [-0.39, 0.29) is 5.69 Å². The summed E-state index contributed by atoms with van der Waals surface area (Å²) in [4.78, 5) is 56.0. The van der Waals surface area contributed by atoms with E-state index in [1.165, 1.54) is 12.0 Å². The number of imide groups is 1. The van der Waals surface area contributed by atoms with Crippen LogP contribution in [0.25, 0.3) is 0 Å². The van der Waals surface area contributed by atoms with Crippen molar-refractivity contribution in [3.63, 3.8) is 0 Å². The average molecular weight is 502 g/mol. The third kappa shape index (κ3) is 4.45. The molecule has 0 spiro atoms. The molecule has 0 aliphatic carbocycles. The second kappa shape index (κ2) is 10.2. The van der Waals surface area contributed by atoms with Gasteiger partial charge in [-0.2, -0.15) is 0 Å². The third-order valence-corrected chi connectivity index (χ3v) is 6.48. The van der Waals surface area contributed by atoms with Gasteiger partial charge in [-0.1, -0.05) is 44.2 Å². The number of carbonyl (C=O) groups is 4. The zero-order valence-corrected chi connectivity index (χ0v) is 20.9. The number of rotatable bonds is 6. The van der Waals surface area contributed by atoms with E-state index < -0.39 is 46.6 Å². The van der Waals surface area contributed by atoms with Gasteiger partial charge in [-0.3, -0.25) is 14.5 Å². The fraction of sp³-hybridized carbons (Fsp3) is 0.214. The van der Waals surface area contributed by atoms with E-state index in [1.54, 1.807) is 86.6 Å². The van der Waals surface area contributed by atoms with Crippen molar-refractivity contribution in [1.82, 2.24) is 4.48 Å². The van der Waals surface area contributed by atoms with Crippen molar-refractivity contribution in [2.75, 3.05) is 17.3 Å². The SMILES string of the molecule is COc1ccc(NC(=O)C(C(C)C)[N+]2(C(N)=O)C(=O)CC(=O)N(c3ccccc3)c3ccccc32)cc1. The first-order chi connectivity index (χ1) is 17.7. The molecule has 9 nitrogen and oxygen atoms in total. The number of nitrogens with two attached hydrogens (primary N) is 1. The van der Waals surface area contributed by atoms with E-state index in [4.69, 9.17) is 10.5 Å². The smallest absolute Gasteiger partial charge is 0.427 e. The number of ether oxygens (including phenoxy) is 1. The van der Waals surface area contributed by atoms with Crippen molar-refractivity contribution in [1.29, 1.82) is 0 Å². The van der Waals surface area contributed by atoms with Crippen molar-refractivity contribution in [2.24, 2.45) is 11.7 Å². The number of anilines is 3. The van der Waals surface area contributed by atoms with E-state index >= 15 is 0 Å². The van der Waals surface area contributed by atoms with Gasteiger partial charge >= 0.3 is 11.9 Å². The zero-order chi connectivity index (χ0) is 26.7. The molecule has 0 saturated carbocycles. The number of para-hydroxylation sites is 3. The molecule has 2 unspecified atom stereocenters. The normalized spacial score (nSPS) is 18.1. The number of urea groups is 1. The number of amides is 5. The molecule has 0 fully saturated rings. The van der Waals surface area contributed by atoms with Gasteiger partial charge in [0, 0.05) is 23.4 Å². The third-order valence-electron chi connectivity index (χ3n) is 6.48. The molecule has 2 atom stereocenters. The van der Waals surface area contributed by atoms with Gasteiger partial charge in [0.15, 0.2) is 11.7 Å². The van der Waals surface area contributed by atoms with E-state index in [9.17, 15) is 19.2 Å². The number of primary amides is 1. The number of nitrogens with one attached hydrogen (secondary N) is 1. The quantitative estimate of drug-likeness (QED) is 0.385. The summed E-state index contributed by atoms with van der Waals surface area (Å²) < 4.78 is 4.05. The monoisotopic (exact) mass is 501 g/mol. The van der Waals surface area contributed by atoms with Crippen molar-refractivity contribution >= 4 is 46.5 Å². The van der Waals surface area contributed by atoms with Crippen LogP contribution >= 0.6 is 0 Å². The second-order valence-electron chi connectivity index (χ2n) is 9.09. The number of methoxy groups -OCH3 is 1. The molecule has 0 aromatic heterocycles. The average Bonchev–Trinajstić information content (AvgIpc) is 2.97. The van der Waals surface area contributed by atoms with Crippen LogP contribution in [0.2, 0.25) is 0 Å². The van der Waals surface area contributed by atoms with Gasteiger partial charge in [-0.25, -0.2) is 9.59 Å². The minimum absolute atomic E-state index is 0.165. The molecule has 9 heteroatoms. The van der Waals surface area contributed by atoms with Crippen LogP contribution in [0.1, 0.15) is 20.3 Å². The molecule has 3 aromatic rings. The maximum atomic E-state index is 13.9. The Bertz CT molecular complexity index is 1340. The van der Waals surface area contributed by atoms with Crippen LogP contribution in [0.5, 0.6) is 5.75 Å². The molecule has 0 radical (unpaired) electrons. The van der Waals surface area contributed by atoms with E-state index in [2.05, 4.69) is 5.32 Å². The van der Waals surface area contributed by atoms with Crippen molar-refractivity contribution in [3.8, 4) is 5.75 Å². The number of carbonyl (C=O) groups excluding carboxylic acids is 4. The van der Waals surface area contributed by atoms with Gasteiger partial charge < -0.3 is 15.8 Å². The number of quaternary nitrogens is 1. The summed E-state index contributed by atoms with van der Waals surface area (Å²) in [6.45, 7) is 3.47. The highest BCUT2D eigenvalue weighted by atomic mass is 16.5. The van der Waals surface area contributed by atoms with Gasteiger partial charge in [0.25, 0.3) is 5.91 Å². The molecule has 5 amide bonds. The highest BCUT2D eigenvalue weighted by Gasteiger charge is 2.60. The van der Waals surface area contributed by atoms with Crippen molar-refractivity contribution in [3.05, 3.63) is 78.9 Å². The first-order valence-electron chi connectivity index (χ1n) is 11.9. The predicted molar refractivity (Wildman–Crippen MR) is 141 cm³/mol. The molecule has 0 saturated heterocycles. The Hall–Kier alpha value is -4.50. The molecular formula is C28H29N4O5+. The molecule has 3 N–H and O–H groups in total. The van der Waals surface area contributed by atoms with Crippen LogP contribution in [-0.2, 0) is 14.4 Å². The lowest BCUT2D eigenvalue weighted by molar-refractivity contribution is -0.137. The summed E-state index contributed by atoms with van der Waals surface area (Å²) in [6.07, 6.45) is -0.619. The lowest BCUT2D eigenvalue weighted by atomic mass is 9.96. The maximum Gasteiger partial charge on any atom is 0.427 e. The van der Waals surface area contributed by atoms with Gasteiger partial charge in [0.05, 0.1) is 7.11 Å². The summed E-state index contributed by atoms with van der Waals surface area (Å²) in [5.74, 6) is -1.78. The Kier molecular flexibility index (Phi) is 7.08. The van der Waals surface area contributed by atoms with Crippen LogP contribution in [0, 0.1) is 5.92 Å². The van der Waals surface area contributed by atoms with E-state index in [1.807, 2.05) is 6.07 Å². The summed E-state index contributed by atoms with van der Waals surface area (Å²) in [6, 6.07) is 19.8. The molecule has 1 aliphatic rings. The topological polar surface area (TPSA) is 119 Å². The predicted octanol–water partition coefficient (Wildman–Crippen LogP) is 4.34. The molecule has 1 aliphatic heterocycles. The summed E-state index contributed by atoms with van der Waals surface area (Å²) in [5, 5.41) is 2.81. The highest BCUT2D eigenvalue weighted by molar-refractivity contribution is 6.24. The van der Waals surface area contributed by atoms with Crippen LogP contribution < -0.4 is 25.2 Å². The lowest BCUT2D eigenvalue weighted by Gasteiger charge is -2.38. The number of hydrogen-bond acceptors (Lipinski definition) is 5. The summed E-state index contributed by atoms with van der Waals surface area (Å²) in [5.41, 5.74) is 7.46. The molecular weight excluding hydrogens is 472 g/mol. The van der Waals surface area contributed by atoms with Gasteiger partial charge in [0.1, 0.15) is 17.9 Å². The number of hydrogen-bond donors (Lipinski definition) is 2. The number of nitrogens with zero attached hydrogens (tertiary/aromatic N) is 2. The maximum absolute atomic E-state index is 13.9. The summed E-state index contributed by atoms with van der Waals surface area (Å²) >= 11 is 0. The molecule has 37 heavy (non-hydrogen) atoms. The minimum Gasteiger partial charge on any atom is -0.497 e. The van der Waals surface area contributed by atoms with Crippen LogP contribution in [-0.4, -0.2) is 36.9 Å². The minimum atomic E-state index is -1.25. The second-order valence-corrected chi connectivity index (χ2v) is 9.09. The zero-order valence-electron chi connectivity index (χ0n) is 20.9. The Morgan fingerprint density at radius 1 is 0.946 bits per heavy atom. The van der Waals surface area contributed by atoms with Gasteiger partial charge in [0.2, 0.25) is 5.91 Å². The first-order valence-corrected chi connectivity index (χ1v) is 11.9. The molecule has 190 valence electrons. The summed E-state index contributed by atoms with van der Waals surface area (Å²) in [7, 11) is 1.53. The fourth-order valence-corrected chi connectivity index (χ4v) is 4.91. The molecule has 1 heterocycles. The van der Waals surface area contributed by atoms with Crippen molar-refractivity contribution in [2.45, 2.75) is 26.3 Å². The Morgan fingerprint density at radius 3 is 2.16 bits per heavy atom. The van der Waals surface area contributed by atoms with Crippen LogP contribution in [0.15, 0.2) is 78.9 Å². The van der Waals surface area contributed by atoms with Crippen LogP contribution in [0.3, 0.4) is 0 Å². The fourth-order valence-electron chi connectivity index (χ4n) is 4.91. The van der Waals surface area contributed by atoms with Gasteiger partial charge in [-0.05, 0) is 42.5 Å². The lowest BCUT2D eigenvalue weighted by Crippen LogP contribution is -2.71. The van der Waals surface area contributed by atoms with Crippen molar-refractivity contribution < 1.29 is 23.9 Å². The molecule has 0 bridgehead atoms. The largest absolute Gasteiger partial charge is 0.497 e. The highest BCUT2D eigenvalue weighted by Crippen LogP contribution is 2.44. The Morgan fingerprint density at radius 2 is 1.57 bits per heavy atom. The first kappa shape index (κ1) is 25.6. The number of benzene rings is 3. The van der Waals surface area contributed by atoms with E-state index in [0.29, 0.717) is 22.8 Å². The Labute approximate surface area is 215 Å².